The van der Waals surface area contributed by atoms with Crippen molar-refractivity contribution < 1.29 is 9.53 Å². The molecule has 2 fully saturated rings. The lowest BCUT2D eigenvalue weighted by molar-refractivity contribution is -0.117. The van der Waals surface area contributed by atoms with E-state index in [4.69, 9.17) is 14.7 Å². The predicted octanol–water partition coefficient (Wildman–Crippen LogP) is 2.09. The third-order valence-corrected chi connectivity index (χ3v) is 7.16. The predicted molar refractivity (Wildman–Crippen MR) is 121 cm³/mol. The SMILES string of the molecule is Cc1sc2nc(CN3CCOCC3)nc(NC3CCN(c4cnn(C)c4)C3=O)c2c1C. The molecule has 2 aliphatic heterocycles. The Balaban J connectivity index is 1.43. The lowest BCUT2D eigenvalue weighted by Gasteiger charge is -2.26. The molecule has 0 radical (unpaired) electrons. The normalized spacial score (nSPS) is 20.2. The van der Waals surface area contributed by atoms with Gasteiger partial charge in [-0.15, -0.1) is 11.3 Å². The quantitative estimate of drug-likeness (QED) is 0.649. The number of nitrogens with zero attached hydrogens (tertiary/aromatic N) is 6. The Morgan fingerprint density at radius 2 is 2.03 bits per heavy atom. The second kappa shape index (κ2) is 8.18. The summed E-state index contributed by atoms with van der Waals surface area (Å²) in [6.45, 7) is 8.81. The van der Waals surface area contributed by atoms with Crippen LogP contribution in [0.1, 0.15) is 22.7 Å². The van der Waals surface area contributed by atoms with Gasteiger partial charge in [-0.3, -0.25) is 14.4 Å². The second-order valence-corrected chi connectivity index (χ2v) is 9.39. The molecular weight excluding hydrogens is 414 g/mol. The molecular formula is C21H27N7O2S. The molecule has 164 valence electrons. The summed E-state index contributed by atoms with van der Waals surface area (Å²) < 4.78 is 7.17. The van der Waals surface area contributed by atoms with Gasteiger partial charge in [-0.25, -0.2) is 9.97 Å². The molecule has 1 unspecified atom stereocenters. The van der Waals surface area contributed by atoms with Crippen molar-refractivity contribution in [2.24, 2.45) is 7.05 Å². The van der Waals surface area contributed by atoms with E-state index in [0.717, 1.165) is 60.3 Å². The molecule has 3 aromatic rings. The maximum Gasteiger partial charge on any atom is 0.249 e. The van der Waals surface area contributed by atoms with E-state index in [1.54, 1.807) is 27.1 Å². The van der Waals surface area contributed by atoms with Crippen LogP contribution in [0.4, 0.5) is 11.5 Å². The topological polar surface area (TPSA) is 88.4 Å². The molecule has 0 spiro atoms. The smallest absolute Gasteiger partial charge is 0.249 e. The number of nitrogens with one attached hydrogen (secondary N) is 1. The van der Waals surface area contributed by atoms with Gasteiger partial charge in [-0.2, -0.15) is 5.10 Å². The first kappa shape index (κ1) is 20.3. The molecule has 1 amide bonds. The van der Waals surface area contributed by atoms with Gasteiger partial charge in [0.05, 0.1) is 37.0 Å². The molecule has 5 heterocycles. The number of aryl methyl sites for hydroxylation is 3. The van der Waals surface area contributed by atoms with Gasteiger partial charge >= 0.3 is 0 Å². The van der Waals surface area contributed by atoms with E-state index in [-0.39, 0.29) is 11.9 Å². The Morgan fingerprint density at radius 3 is 2.77 bits per heavy atom. The molecule has 2 saturated heterocycles. The fraction of sp³-hybridized carbons (Fsp3) is 0.524. The van der Waals surface area contributed by atoms with Gasteiger partial charge in [0.15, 0.2) is 0 Å². The van der Waals surface area contributed by atoms with Crippen LogP contribution in [0.2, 0.25) is 0 Å². The molecule has 1 atom stereocenters. The summed E-state index contributed by atoms with van der Waals surface area (Å²) in [6, 6.07) is -0.311. The molecule has 10 heteroatoms. The van der Waals surface area contributed by atoms with Gasteiger partial charge in [0, 0.05) is 37.8 Å². The van der Waals surface area contributed by atoms with E-state index in [0.29, 0.717) is 13.1 Å². The first-order valence-electron chi connectivity index (χ1n) is 10.6. The van der Waals surface area contributed by atoms with Gasteiger partial charge < -0.3 is 15.0 Å². The summed E-state index contributed by atoms with van der Waals surface area (Å²) in [5.41, 5.74) is 2.01. The van der Waals surface area contributed by atoms with Crippen LogP contribution in [-0.4, -0.2) is 69.4 Å². The molecule has 2 aliphatic rings. The summed E-state index contributed by atoms with van der Waals surface area (Å²) in [6.07, 6.45) is 4.33. The summed E-state index contributed by atoms with van der Waals surface area (Å²) in [5.74, 6) is 1.60. The Labute approximate surface area is 185 Å². The molecule has 0 bridgehead atoms. The number of carbonyl (C=O) groups excluding carboxylic acids is 1. The van der Waals surface area contributed by atoms with Crippen LogP contribution in [0.25, 0.3) is 10.2 Å². The van der Waals surface area contributed by atoms with Crippen molar-refractivity contribution in [2.75, 3.05) is 43.1 Å². The van der Waals surface area contributed by atoms with Crippen LogP contribution in [0.3, 0.4) is 0 Å². The number of morpholine rings is 1. The fourth-order valence-electron chi connectivity index (χ4n) is 4.21. The van der Waals surface area contributed by atoms with Crippen molar-refractivity contribution >= 4 is 39.0 Å². The van der Waals surface area contributed by atoms with E-state index in [9.17, 15) is 4.79 Å². The number of hydrogen-bond donors (Lipinski definition) is 1. The highest BCUT2D eigenvalue weighted by Gasteiger charge is 2.34. The van der Waals surface area contributed by atoms with Crippen LogP contribution in [0, 0.1) is 13.8 Å². The van der Waals surface area contributed by atoms with Gasteiger partial charge in [-0.05, 0) is 25.8 Å². The van der Waals surface area contributed by atoms with E-state index in [2.05, 4.69) is 29.2 Å². The monoisotopic (exact) mass is 441 g/mol. The summed E-state index contributed by atoms with van der Waals surface area (Å²) in [7, 11) is 1.86. The highest BCUT2D eigenvalue weighted by Crippen LogP contribution is 2.34. The van der Waals surface area contributed by atoms with Crippen molar-refractivity contribution in [3.05, 3.63) is 28.7 Å². The molecule has 5 rings (SSSR count). The molecule has 31 heavy (non-hydrogen) atoms. The highest BCUT2D eigenvalue weighted by atomic mass is 32.1. The van der Waals surface area contributed by atoms with Crippen molar-refractivity contribution in [3.8, 4) is 0 Å². The van der Waals surface area contributed by atoms with E-state index < -0.39 is 0 Å². The van der Waals surface area contributed by atoms with Crippen molar-refractivity contribution in [1.82, 2.24) is 24.6 Å². The van der Waals surface area contributed by atoms with E-state index in [1.165, 1.54) is 10.4 Å². The van der Waals surface area contributed by atoms with Crippen molar-refractivity contribution in [2.45, 2.75) is 32.9 Å². The molecule has 3 aromatic heterocycles. The largest absolute Gasteiger partial charge is 0.379 e. The maximum atomic E-state index is 13.1. The lowest BCUT2D eigenvalue weighted by atomic mass is 10.2. The van der Waals surface area contributed by atoms with Crippen LogP contribution < -0.4 is 10.2 Å². The Morgan fingerprint density at radius 1 is 1.23 bits per heavy atom. The average Bonchev–Trinajstić information content (AvgIpc) is 3.41. The zero-order valence-electron chi connectivity index (χ0n) is 18.1. The molecule has 9 nitrogen and oxygen atoms in total. The number of fused-ring (bicyclic) bond motifs is 1. The molecule has 0 aliphatic carbocycles. The Bertz CT molecular complexity index is 1120. The fourth-order valence-corrected chi connectivity index (χ4v) is 5.26. The summed E-state index contributed by atoms with van der Waals surface area (Å²) in [4.78, 5) is 29.2. The second-order valence-electron chi connectivity index (χ2n) is 8.19. The lowest BCUT2D eigenvalue weighted by Crippen LogP contribution is -2.36. The minimum absolute atomic E-state index is 0.0547. The summed E-state index contributed by atoms with van der Waals surface area (Å²) >= 11 is 1.69. The van der Waals surface area contributed by atoms with Crippen LogP contribution in [0.15, 0.2) is 12.4 Å². The van der Waals surface area contributed by atoms with Gasteiger partial charge in [0.1, 0.15) is 22.5 Å². The van der Waals surface area contributed by atoms with Crippen LogP contribution in [0.5, 0.6) is 0 Å². The van der Waals surface area contributed by atoms with Crippen molar-refractivity contribution in [3.63, 3.8) is 0 Å². The maximum absolute atomic E-state index is 13.1. The number of aromatic nitrogens is 4. The van der Waals surface area contributed by atoms with Gasteiger partial charge in [-0.1, -0.05) is 0 Å². The number of anilines is 2. The molecule has 1 N–H and O–H groups in total. The van der Waals surface area contributed by atoms with Gasteiger partial charge in [0.2, 0.25) is 5.91 Å². The minimum atomic E-state index is -0.311. The number of hydrogen-bond acceptors (Lipinski definition) is 8. The number of rotatable bonds is 5. The average molecular weight is 442 g/mol. The van der Waals surface area contributed by atoms with Crippen LogP contribution in [-0.2, 0) is 23.1 Å². The Hall–Kier alpha value is -2.56. The first-order chi connectivity index (χ1) is 15.0. The Kier molecular flexibility index (Phi) is 5.37. The molecule has 0 aromatic carbocycles. The first-order valence-corrected chi connectivity index (χ1v) is 11.4. The third-order valence-electron chi connectivity index (χ3n) is 6.06. The van der Waals surface area contributed by atoms with E-state index >= 15 is 0 Å². The number of carbonyl (C=O) groups is 1. The summed E-state index contributed by atoms with van der Waals surface area (Å²) in [5, 5.41) is 8.69. The minimum Gasteiger partial charge on any atom is -0.379 e. The van der Waals surface area contributed by atoms with E-state index in [1.807, 2.05) is 13.2 Å². The number of thiophene rings is 1. The highest BCUT2D eigenvalue weighted by molar-refractivity contribution is 7.18. The number of amides is 1. The van der Waals surface area contributed by atoms with Crippen molar-refractivity contribution in [1.29, 1.82) is 0 Å². The zero-order valence-corrected chi connectivity index (χ0v) is 18.9. The zero-order chi connectivity index (χ0) is 21.5. The van der Waals surface area contributed by atoms with Crippen LogP contribution >= 0.6 is 11.3 Å². The number of ether oxygens (including phenoxy) is 1. The third kappa shape index (κ3) is 3.90. The standard InChI is InChI=1S/C21H27N7O2S/c1-13-14(2)31-20-18(13)19(24-17(25-20)12-27-6-8-30-9-7-27)23-16-4-5-28(21(16)29)15-10-22-26(3)11-15/h10-11,16H,4-9,12H2,1-3H3,(H,23,24,25). The molecule has 0 saturated carbocycles. The van der Waals surface area contributed by atoms with Gasteiger partial charge in [0.25, 0.3) is 0 Å².